The molecular weight excluding hydrogens is 416 g/mol. The molecule has 0 aliphatic carbocycles. The maximum Gasteiger partial charge on any atom is 0.337 e. The molecule has 7 nitrogen and oxygen atoms in total. The Labute approximate surface area is 192 Å². The SMILES string of the molecule is COc1ccccc1Cn1cnc2c1c(=O)n(CC(C)C)c(=O)n2-c1ccc(C(C)C)cc1. The van der Waals surface area contributed by atoms with Crippen molar-refractivity contribution in [2.75, 3.05) is 7.11 Å². The van der Waals surface area contributed by atoms with E-state index in [2.05, 4.69) is 18.8 Å². The fraction of sp³-hybridized carbons (Fsp3) is 0.346. The van der Waals surface area contributed by atoms with Crippen molar-refractivity contribution in [3.8, 4) is 11.4 Å². The van der Waals surface area contributed by atoms with Gasteiger partial charge in [0.05, 0.1) is 25.7 Å². The first-order valence-electron chi connectivity index (χ1n) is 11.2. The van der Waals surface area contributed by atoms with Crippen molar-refractivity contribution < 1.29 is 4.74 Å². The molecule has 0 amide bonds. The zero-order valence-electron chi connectivity index (χ0n) is 19.8. The van der Waals surface area contributed by atoms with E-state index in [-0.39, 0.29) is 17.2 Å². The number of aromatic nitrogens is 4. The molecule has 0 spiro atoms. The normalized spacial score (nSPS) is 11.6. The van der Waals surface area contributed by atoms with Crippen LogP contribution in [0.5, 0.6) is 5.75 Å². The summed E-state index contributed by atoms with van der Waals surface area (Å²) in [5, 5.41) is 0. The number of rotatable bonds is 7. The molecule has 0 fully saturated rings. The summed E-state index contributed by atoms with van der Waals surface area (Å²) in [7, 11) is 1.62. The van der Waals surface area contributed by atoms with Crippen LogP contribution >= 0.6 is 0 Å². The van der Waals surface area contributed by atoms with Gasteiger partial charge in [-0.3, -0.25) is 9.36 Å². The van der Waals surface area contributed by atoms with E-state index < -0.39 is 0 Å². The third-order valence-corrected chi connectivity index (χ3v) is 5.80. The smallest absolute Gasteiger partial charge is 0.337 e. The number of para-hydroxylation sites is 1. The summed E-state index contributed by atoms with van der Waals surface area (Å²) in [6, 6.07) is 15.5. The Hall–Kier alpha value is -3.61. The van der Waals surface area contributed by atoms with Gasteiger partial charge in [-0.2, -0.15) is 0 Å². The quantitative estimate of drug-likeness (QED) is 0.427. The van der Waals surface area contributed by atoms with Crippen molar-refractivity contribution in [1.82, 2.24) is 18.7 Å². The van der Waals surface area contributed by atoms with Crippen molar-refractivity contribution in [3.05, 3.63) is 86.8 Å². The lowest BCUT2D eigenvalue weighted by Gasteiger charge is -2.15. The van der Waals surface area contributed by atoms with Crippen LogP contribution in [0.4, 0.5) is 0 Å². The van der Waals surface area contributed by atoms with Gasteiger partial charge in [0.15, 0.2) is 11.2 Å². The third kappa shape index (κ3) is 4.23. The maximum atomic E-state index is 13.5. The van der Waals surface area contributed by atoms with Crippen LogP contribution < -0.4 is 16.0 Å². The van der Waals surface area contributed by atoms with E-state index in [4.69, 9.17) is 4.74 Å². The van der Waals surface area contributed by atoms with Crippen LogP contribution in [0.2, 0.25) is 0 Å². The lowest BCUT2D eigenvalue weighted by atomic mass is 10.0. The summed E-state index contributed by atoms with van der Waals surface area (Å²) in [5.74, 6) is 1.25. The van der Waals surface area contributed by atoms with Gasteiger partial charge in [0.2, 0.25) is 0 Å². The molecule has 2 heterocycles. The molecule has 0 atom stereocenters. The average molecular weight is 447 g/mol. The zero-order valence-corrected chi connectivity index (χ0v) is 19.8. The zero-order chi connectivity index (χ0) is 23.7. The Morgan fingerprint density at radius 1 is 0.970 bits per heavy atom. The van der Waals surface area contributed by atoms with Gasteiger partial charge in [0.25, 0.3) is 5.56 Å². The lowest BCUT2D eigenvalue weighted by molar-refractivity contribution is 0.408. The van der Waals surface area contributed by atoms with Crippen molar-refractivity contribution in [1.29, 1.82) is 0 Å². The number of fused-ring (bicyclic) bond motifs is 1. The minimum absolute atomic E-state index is 0.134. The Morgan fingerprint density at radius 3 is 2.30 bits per heavy atom. The Kier molecular flexibility index (Phi) is 6.22. The first kappa shape index (κ1) is 22.6. The minimum Gasteiger partial charge on any atom is -0.496 e. The molecule has 33 heavy (non-hydrogen) atoms. The number of hydrogen-bond acceptors (Lipinski definition) is 4. The highest BCUT2D eigenvalue weighted by Crippen LogP contribution is 2.22. The largest absolute Gasteiger partial charge is 0.496 e. The first-order valence-corrected chi connectivity index (χ1v) is 11.2. The molecule has 0 saturated heterocycles. The molecule has 0 saturated carbocycles. The van der Waals surface area contributed by atoms with Crippen LogP contribution in [0, 0.1) is 5.92 Å². The van der Waals surface area contributed by atoms with Crippen LogP contribution in [0.25, 0.3) is 16.9 Å². The van der Waals surface area contributed by atoms with Gasteiger partial charge in [-0.15, -0.1) is 0 Å². The predicted molar refractivity (Wildman–Crippen MR) is 131 cm³/mol. The van der Waals surface area contributed by atoms with Crippen LogP contribution in [0.3, 0.4) is 0 Å². The number of imidazole rings is 1. The van der Waals surface area contributed by atoms with E-state index in [1.54, 1.807) is 22.6 Å². The highest BCUT2D eigenvalue weighted by molar-refractivity contribution is 5.72. The van der Waals surface area contributed by atoms with Crippen LogP contribution in [-0.4, -0.2) is 25.8 Å². The van der Waals surface area contributed by atoms with Gasteiger partial charge in [0, 0.05) is 12.1 Å². The second-order valence-corrected chi connectivity index (χ2v) is 9.03. The molecule has 0 aliphatic heterocycles. The molecule has 4 rings (SSSR count). The second-order valence-electron chi connectivity index (χ2n) is 9.03. The van der Waals surface area contributed by atoms with Gasteiger partial charge < -0.3 is 9.30 Å². The molecule has 0 aliphatic rings. The third-order valence-electron chi connectivity index (χ3n) is 5.80. The number of hydrogen-bond donors (Lipinski definition) is 0. The highest BCUT2D eigenvalue weighted by atomic mass is 16.5. The van der Waals surface area contributed by atoms with E-state index in [9.17, 15) is 9.59 Å². The first-order chi connectivity index (χ1) is 15.8. The second kappa shape index (κ2) is 9.10. The highest BCUT2D eigenvalue weighted by Gasteiger charge is 2.20. The van der Waals surface area contributed by atoms with Gasteiger partial charge in [-0.25, -0.2) is 14.3 Å². The fourth-order valence-corrected chi connectivity index (χ4v) is 4.08. The van der Waals surface area contributed by atoms with Crippen molar-refractivity contribution in [2.45, 2.75) is 46.7 Å². The monoisotopic (exact) mass is 446 g/mol. The number of benzene rings is 2. The molecule has 2 aromatic heterocycles. The Balaban J connectivity index is 1.96. The summed E-state index contributed by atoms with van der Waals surface area (Å²) in [6.07, 6.45) is 1.62. The van der Waals surface area contributed by atoms with E-state index >= 15 is 0 Å². The summed E-state index contributed by atoms with van der Waals surface area (Å²) in [6.45, 7) is 8.97. The van der Waals surface area contributed by atoms with Crippen molar-refractivity contribution >= 4 is 11.2 Å². The van der Waals surface area contributed by atoms with Crippen molar-refractivity contribution in [2.24, 2.45) is 5.92 Å². The van der Waals surface area contributed by atoms with E-state index in [0.29, 0.717) is 35.9 Å². The molecule has 172 valence electrons. The lowest BCUT2D eigenvalue weighted by Crippen LogP contribution is -2.41. The number of methoxy groups -OCH3 is 1. The Bertz CT molecular complexity index is 1390. The Morgan fingerprint density at radius 2 is 1.67 bits per heavy atom. The van der Waals surface area contributed by atoms with Gasteiger partial charge in [-0.1, -0.05) is 58.0 Å². The molecule has 0 unspecified atom stereocenters. The summed E-state index contributed by atoms with van der Waals surface area (Å²) in [5.41, 5.74) is 2.85. The van der Waals surface area contributed by atoms with Crippen LogP contribution in [0.1, 0.15) is 44.7 Å². The molecule has 2 aromatic carbocycles. The summed E-state index contributed by atoms with van der Waals surface area (Å²) in [4.78, 5) is 31.5. The molecular formula is C26H30N4O3. The average Bonchev–Trinajstić information content (AvgIpc) is 3.20. The number of ether oxygens (including phenoxy) is 1. The molecule has 0 bridgehead atoms. The van der Waals surface area contributed by atoms with Crippen molar-refractivity contribution in [3.63, 3.8) is 0 Å². The molecule has 7 heteroatoms. The molecule has 4 aromatic rings. The van der Waals surface area contributed by atoms with Gasteiger partial charge in [-0.05, 0) is 35.6 Å². The predicted octanol–water partition coefficient (Wildman–Crippen LogP) is 4.19. The van der Waals surface area contributed by atoms with Gasteiger partial charge >= 0.3 is 5.69 Å². The maximum absolute atomic E-state index is 13.5. The summed E-state index contributed by atoms with van der Waals surface area (Å²) < 4.78 is 10.1. The van der Waals surface area contributed by atoms with E-state index in [1.165, 1.54) is 10.1 Å². The van der Waals surface area contributed by atoms with E-state index in [1.807, 2.05) is 62.4 Å². The number of nitrogens with zero attached hydrogens (tertiary/aromatic N) is 4. The molecule has 0 N–H and O–H groups in total. The van der Waals surface area contributed by atoms with Crippen LogP contribution in [0.15, 0.2) is 64.4 Å². The van der Waals surface area contributed by atoms with E-state index in [0.717, 1.165) is 11.3 Å². The topological polar surface area (TPSA) is 71.1 Å². The molecule has 0 radical (unpaired) electrons. The fourth-order valence-electron chi connectivity index (χ4n) is 4.08. The minimum atomic E-state index is -0.374. The van der Waals surface area contributed by atoms with Gasteiger partial charge in [0.1, 0.15) is 5.75 Å². The summed E-state index contributed by atoms with van der Waals surface area (Å²) >= 11 is 0. The van der Waals surface area contributed by atoms with Crippen LogP contribution in [-0.2, 0) is 13.1 Å². The standard InChI is InChI=1S/C26H30N4O3/c1-17(2)14-29-25(31)23-24(27-16-28(23)15-20-8-6-7-9-22(20)33-5)30(26(29)32)21-12-10-19(11-13-21)18(3)4/h6-13,16-18H,14-15H2,1-5H3.